The Morgan fingerprint density at radius 3 is 1.54 bits per heavy atom. The molecule has 16 atom stereocenters. The zero-order valence-corrected chi connectivity index (χ0v) is 51.3. The average molecular weight is 1190 g/mol. The van der Waals surface area contributed by atoms with Gasteiger partial charge in [0.1, 0.15) is 5.78 Å². The van der Waals surface area contributed by atoms with Crippen LogP contribution in [0.4, 0.5) is 0 Å². The molecule has 0 amide bonds. The molecule has 16 heteroatoms. The minimum Gasteiger partial charge on any atom is -0.478 e. The highest BCUT2D eigenvalue weighted by Gasteiger charge is 2.25. The van der Waals surface area contributed by atoms with Gasteiger partial charge in [0.25, 0.3) is 0 Å². The van der Waals surface area contributed by atoms with E-state index in [0.717, 1.165) is 30.9 Å². The van der Waals surface area contributed by atoms with Crippen molar-refractivity contribution in [2.75, 3.05) is 6.54 Å². The lowest BCUT2D eigenvalue weighted by atomic mass is 9.88. The first-order valence-corrected chi connectivity index (χ1v) is 30.4. The van der Waals surface area contributed by atoms with Gasteiger partial charge in [0, 0.05) is 43.1 Å². The van der Waals surface area contributed by atoms with Crippen molar-refractivity contribution in [3.63, 3.8) is 0 Å². The summed E-state index contributed by atoms with van der Waals surface area (Å²) in [6, 6.07) is 0. The van der Waals surface area contributed by atoms with E-state index in [1.807, 2.05) is 87.6 Å². The smallest absolute Gasteiger partial charge is 0.328 e. The lowest BCUT2D eigenvalue weighted by Crippen LogP contribution is -2.32. The van der Waals surface area contributed by atoms with Crippen LogP contribution in [0, 0.1) is 23.7 Å². The highest BCUT2D eigenvalue weighted by molar-refractivity contribution is 5.81. The molecular formula is C69H109NO15. The fourth-order valence-corrected chi connectivity index (χ4v) is 8.77. The number of aliphatic hydroxyl groups is 12. The van der Waals surface area contributed by atoms with E-state index in [4.69, 9.17) is 10.8 Å². The Balaban J connectivity index is 4.45. The van der Waals surface area contributed by atoms with Crippen molar-refractivity contribution >= 4 is 11.8 Å². The van der Waals surface area contributed by atoms with Crippen LogP contribution < -0.4 is 5.73 Å². The number of allylic oxidation sites excluding steroid dienone is 19. The summed E-state index contributed by atoms with van der Waals surface area (Å²) in [5.74, 6) is -2.56. The van der Waals surface area contributed by atoms with Crippen molar-refractivity contribution in [1.82, 2.24) is 0 Å². The van der Waals surface area contributed by atoms with Gasteiger partial charge in [-0.1, -0.05) is 191 Å². The van der Waals surface area contributed by atoms with Gasteiger partial charge < -0.3 is 72.1 Å². The van der Waals surface area contributed by atoms with E-state index in [0.29, 0.717) is 45.1 Å². The van der Waals surface area contributed by atoms with Crippen LogP contribution in [0.3, 0.4) is 0 Å². The number of carbonyl (C=O) groups is 2. The van der Waals surface area contributed by atoms with Crippen LogP contribution in [0.5, 0.6) is 0 Å². The zero-order chi connectivity index (χ0) is 63.8. The second-order valence-corrected chi connectivity index (χ2v) is 22.4. The van der Waals surface area contributed by atoms with Crippen molar-refractivity contribution < 1.29 is 76.0 Å². The third-order valence-corrected chi connectivity index (χ3v) is 14.1. The number of hydrogen-bond donors (Lipinski definition) is 14. The van der Waals surface area contributed by atoms with Gasteiger partial charge >= 0.3 is 5.97 Å². The highest BCUT2D eigenvalue weighted by Crippen LogP contribution is 2.21. The van der Waals surface area contributed by atoms with Crippen LogP contribution in [-0.4, -0.2) is 158 Å². The molecule has 0 fully saturated rings. The number of hydrogen-bond acceptors (Lipinski definition) is 15. The molecule has 0 heterocycles. The Bertz CT molecular complexity index is 2180. The van der Waals surface area contributed by atoms with Gasteiger partial charge in [0.05, 0.1) is 73.2 Å². The van der Waals surface area contributed by atoms with Crippen LogP contribution in [0.15, 0.2) is 170 Å². The topological polar surface area (TPSA) is 323 Å². The molecule has 480 valence electrons. The molecule has 0 unspecified atom stereocenters. The van der Waals surface area contributed by atoms with Gasteiger partial charge in [-0.2, -0.15) is 0 Å². The maximum Gasteiger partial charge on any atom is 0.328 e. The molecule has 15 N–H and O–H groups in total. The third kappa shape index (κ3) is 46.8. The van der Waals surface area contributed by atoms with Crippen LogP contribution in [0.1, 0.15) is 144 Å². The summed E-state index contributed by atoms with van der Waals surface area (Å²) < 4.78 is 0. The van der Waals surface area contributed by atoms with Gasteiger partial charge in [-0.3, -0.25) is 4.79 Å². The number of aliphatic carboxylic acids is 1. The molecule has 0 aromatic rings. The Labute approximate surface area is 508 Å². The summed E-state index contributed by atoms with van der Waals surface area (Å²) in [5.41, 5.74) is 6.31. The fourth-order valence-electron chi connectivity index (χ4n) is 8.77. The van der Waals surface area contributed by atoms with E-state index < -0.39 is 85.1 Å². The van der Waals surface area contributed by atoms with E-state index in [9.17, 15) is 70.9 Å². The Morgan fingerprint density at radius 1 is 0.447 bits per heavy atom. The van der Waals surface area contributed by atoms with Crippen molar-refractivity contribution in [2.24, 2.45) is 29.4 Å². The van der Waals surface area contributed by atoms with Gasteiger partial charge in [-0.15, -0.1) is 0 Å². The second-order valence-electron chi connectivity index (χ2n) is 22.4. The zero-order valence-electron chi connectivity index (χ0n) is 51.3. The molecular weight excluding hydrogens is 1080 g/mol. The minimum absolute atomic E-state index is 0.0627. The standard InChI is InChI=1S/C69H109NO15/c1-51(42-43-68(83)84)29-20-16-12-8-6-9-13-17-21-31-53(3)69(85)55(5)66(81)41-23-19-15-11-7-10-14-18-22-40-65(80)54(4)67(82)50-64(79)49-62(77)38-27-36-60(75)47-58(73)34-25-33-57(72)46-59(74)35-26-37-61(76)48-63(78)45-52(2)30-24-32-56(71)39-28-44-70/h6-12,14-16,18-24,26-27,29-31,35,38,41-43,52-66,69,71-81,85H,13,17,25,28,32-34,36-37,39-40,44-50,70H2,1-5H3,(H,83,84)/t52-,53+,54-,55+,56+,57-,58+,59-,60-,61+,62-,63-,64-,65+,66-,69+/m1/s1. The number of carboxylic acids is 1. The van der Waals surface area contributed by atoms with Crippen molar-refractivity contribution in [2.45, 2.75) is 217 Å². The molecule has 0 aliphatic carbocycles. The molecule has 0 aromatic heterocycles. The molecule has 0 radical (unpaired) electrons. The van der Waals surface area contributed by atoms with Gasteiger partial charge in [-0.25, -0.2) is 4.79 Å². The molecule has 0 spiro atoms. The predicted octanol–water partition coefficient (Wildman–Crippen LogP) is 8.28. The third-order valence-electron chi connectivity index (χ3n) is 14.1. The molecule has 16 nitrogen and oxygen atoms in total. The maximum absolute atomic E-state index is 12.8. The first-order chi connectivity index (χ1) is 40.4. The van der Waals surface area contributed by atoms with Crippen LogP contribution in [0.25, 0.3) is 0 Å². The first-order valence-electron chi connectivity index (χ1n) is 30.4. The van der Waals surface area contributed by atoms with Crippen LogP contribution in [-0.2, 0) is 9.59 Å². The molecule has 0 saturated heterocycles. The lowest BCUT2D eigenvalue weighted by Gasteiger charge is -2.25. The Morgan fingerprint density at radius 2 is 0.941 bits per heavy atom. The molecule has 0 saturated carbocycles. The van der Waals surface area contributed by atoms with Crippen molar-refractivity contribution in [1.29, 1.82) is 0 Å². The highest BCUT2D eigenvalue weighted by atomic mass is 16.4. The molecule has 85 heavy (non-hydrogen) atoms. The molecule has 0 aromatic carbocycles. The van der Waals surface area contributed by atoms with E-state index in [1.54, 1.807) is 86.8 Å². The van der Waals surface area contributed by atoms with E-state index >= 15 is 0 Å². The molecule has 0 aliphatic rings. The number of aliphatic hydroxyl groups excluding tert-OH is 12. The lowest BCUT2D eigenvalue weighted by molar-refractivity contribution is -0.131. The normalized spacial score (nSPS) is 19.3. The monoisotopic (exact) mass is 1190 g/mol. The van der Waals surface area contributed by atoms with Crippen molar-refractivity contribution in [3.05, 3.63) is 170 Å². The number of Topliss-reactive ketones (excluding diaryl/α,β-unsaturated/α-hetero) is 1. The summed E-state index contributed by atoms with van der Waals surface area (Å²) in [7, 11) is 0. The minimum atomic E-state index is -1.15. The molecule has 0 aliphatic heterocycles. The number of nitrogens with two attached hydrogens (primary N) is 1. The summed E-state index contributed by atoms with van der Waals surface area (Å²) in [5, 5.41) is 134. The van der Waals surface area contributed by atoms with E-state index in [2.05, 4.69) is 0 Å². The fraction of sp³-hybridized carbons (Fsp3) is 0.565. The summed E-state index contributed by atoms with van der Waals surface area (Å²) in [6.07, 6.45) is 42.7. The van der Waals surface area contributed by atoms with E-state index in [-0.39, 0.29) is 74.9 Å². The number of carboxylic acid groups (broad SMARTS) is 1. The van der Waals surface area contributed by atoms with Crippen molar-refractivity contribution in [3.8, 4) is 0 Å². The van der Waals surface area contributed by atoms with Gasteiger partial charge in [0.15, 0.2) is 0 Å². The summed E-state index contributed by atoms with van der Waals surface area (Å²) in [6.45, 7) is 9.62. The SMILES string of the molecule is CC(C=CC(=O)O)=CC=CC=CC=CCCC=C[C@H](C)[C@H](O)[C@@H](C)[C@H](O)C=CC=CC=CC=CC=CC[C@H](O)[C@@H](C)C(=O)C[C@H](O)C[C@H](O)C=CC[C@@H](O)C[C@@H](O)CCC[C@@H](O)C[C@H](O)C=CC[C@H](O)C[C@H](O)C[C@H](C)C=CC[C@H](O)CCCN. The second kappa shape index (κ2) is 51.1. The van der Waals surface area contributed by atoms with Gasteiger partial charge in [0.2, 0.25) is 0 Å². The Kier molecular flexibility index (Phi) is 48.0. The van der Waals surface area contributed by atoms with Gasteiger partial charge in [-0.05, 0) is 109 Å². The number of unbranched alkanes of at least 4 members (excludes halogenated alkanes) is 1. The first kappa shape index (κ1) is 80.0. The summed E-state index contributed by atoms with van der Waals surface area (Å²) in [4.78, 5) is 23.4. The summed E-state index contributed by atoms with van der Waals surface area (Å²) >= 11 is 0. The van der Waals surface area contributed by atoms with Crippen LogP contribution >= 0.6 is 0 Å². The quantitative estimate of drug-likeness (QED) is 0.0118. The number of carbonyl (C=O) groups excluding carboxylic acids is 1. The average Bonchev–Trinajstić information content (AvgIpc) is 3.46. The Hall–Kier alpha value is -5.02. The largest absolute Gasteiger partial charge is 0.478 e. The maximum atomic E-state index is 12.8. The predicted molar refractivity (Wildman–Crippen MR) is 342 cm³/mol. The number of rotatable bonds is 49. The number of ketones is 1. The molecule has 0 bridgehead atoms. The van der Waals surface area contributed by atoms with Crippen LogP contribution in [0.2, 0.25) is 0 Å². The van der Waals surface area contributed by atoms with E-state index in [1.165, 1.54) is 18.2 Å². The molecule has 0 rings (SSSR count).